The van der Waals surface area contributed by atoms with E-state index in [9.17, 15) is 0 Å². The van der Waals surface area contributed by atoms with E-state index in [1.165, 1.54) is 67.0 Å². The Kier molecular flexibility index (Phi) is 7.79. The van der Waals surface area contributed by atoms with Crippen LogP contribution in [-0.4, -0.2) is 13.1 Å². The Morgan fingerprint density at radius 3 is 1.23 bits per heavy atom. The van der Waals surface area contributed by atoms with Gasteiger partial charge < -0.3 is 10.6 Å². The maximum absolute atomic E-state index is 3.78. The monoisotopic (exact) mass is 421 g/mol. The summed E-state index contributed by atoms with van der Waals surface area (Å²) in [5.41, 5.74) is 16.8. The van der Waals surface area contributed by atoms with E-state index < -0.39 is 0 Å². The van der Waals surface area contributed by atoms with Crippen molar-refractivity contribution in [1.29, 1.82) is 0 Å². The molecule has 2 heteroatoms. The average Bonchev–Trinajstić information content (AvgIpc) is 2.72. The first-order chi connectivity index (χ1) is 14.3. The van der Waals surface area contributed by atoms with E-state index in [-0.39, 0.29) is 5.41 Å². The van der Waals surface area contributed by atoms with Crippen LogP contribution in [0.2, 0.25) is 0 Å². The summed E-state index contributed by atoms with van der Waals surface area (Å²) in [6, 6.07) is 0. The van der Waals surface area contributed by atoms with Crippen LogP contribution in [0.4, 0.5) is 11.4 Å². The molecule has 2 N–H and O–H groups in total. The van der Waals surface area contributed by atoms with Crippen molar-refractivity contribution in [3.8, 4) is 0 Å². The second kappa shape index (κ2) is 9.59. The van der Waals surface area contributed by atoms with E-state index in [0.29, 0.717) is 0 Å². The number of hydrogen-bond donors (Lipinski definition) is 2. The first-order valence-corrected chi connectivity index (χ1v) is 11.8. The van der Waals surface area contributed by atoms with Crippen LogP contribution in [0.1, 0.15) is 75.9 Å². The van der Waals surface area contributed by atoms with E-state index in [1.807, 2.05) is 0 Å². The van der Waals surface area contributed by atoms with Crippen LogP contribution in [0.5, 0.6) is 0 Å². The predicted octanol–water partition coefficient (Wildman–Crippen LogP) is 7.92. The lowest BCUT2D eigenvalue weighted by molar-refractivity contribution is 0.451. The zero-order valence-electron chi connectivity index (χ0n) is 22.2. The van der Waals surface area contributed by atoms with E-state index in [1.54, 1.807) is 0 Å². The molecule has 31 heavy (non-hydrogen) atoms. The summed E-state index contributed by atoms with van der Waals surface area (Å²) < 4.78 is 0. The van der Waals surface area contributed by atoms with Crippen LogP contribution in [0.25, 0.3) is 0 Å². The normalized spacial score (nSPS) is 11.6. The van der Waals surface area contributed by atoms with Crippen molar-refractivity contribution < 1.29 is 0 Å². The summed E-state index contributed by atoms with van der Waals surface area (Å²) in [6.07, 6.45) is 3.51. The lowest BCUT2D eigenvalue weighted by Crippen LogP contribution is -2.25. The van der Waals surface area contributed by atoms with Crippen molar-refractivity contribution in [1.82, 2.24) is 0 Å². The first kappa shape index (κ1) is 25.2. The third-order valence-corrected chi connectivity index (χ3v) is 7.86. The second-order valence-corrected chi connectivity index (χ2v) is 10.3. The summed E-state index contributed by atoms with van der Waals surface area (Å²) >= 11 is 0. The van der Waals surface area contributed by atoms with Gasteiger partial charge >= 0.3 is 0 Å². The zero-order valence-corrected chi connectivity index (χ0v) is 22.2. The third-order valence-electron chi connectivity index (χ3n) is 7.86. The highest BCUT2D eigenvalue weighted by molar-refractivity contribution is 5.65. The van der Waals surface area contributed by atoms with Gasteiger partial charge in [0, 0.05) is 11.4 Å². The molecule has 0 bridgehead atoms. The summed E-state index contributed by atoms with van der Waals surface area (Å²) in [5, 5.41) is 7.50. The molecular weight excluding hydrogens is 376 g/mol. The Balaban J connectivity index is 1.99. The van der Waals surface area contributed by atoms with Crippen LogP contribution in [-0.2, 0) is 0 Å². The number of rotatable bonds is 8. The van der Waals surface area contributed by atoms with Gasteiger partial charge in [-0.15, -0.1) is 0 Å². The summed E-state index contributed by atoms with van der Waals surface area (Å²) in [7, 11) is 0. The van der Waals surface area contributed by atoms with Gasteiger partial charge in [0.25, 0.3) is 0 Å². The van der Waals surface area contributed by atoms with Gasteiger partial charge in [-0.3, -0.25) is 0 Å². The molecule has 2 aromatic rings. The second-order valence-electron chi connectivity index (χ2n) is 10.3. The highest BCUT2D eigenvalue weighted by Gasteiger charge is 2.27. The molecule has 0 spiro atoms. The van der Waals surface area contributed by atoms with E-state index in [0.717, 1.165) is 19.5 Å². The van der Waals surface area contributed by atoms with Crippen LogP contribution < -0.4 is 10.6 Å². The zero-order chi connectivity index (χ0) is 23.7. The maximum Gasteiger partial charge on any atom is 0.119 e. The first-order valence-electron chi connectivity index (χ1n) is 11.8. The van der Waals surface area contributed by atoms with Gasteiger partial charge in [-0.05, 0) is 139 Å². The Morgan fingerprint density at radius 1 is 0.516 bits per heavy atom. The topological polar surface area (TPSA) is 24.1 Å². The van der Waals surface area contributed by atoms with Gasteiger partial charge in [-0.25, -0.2) is 0 Å². The van der Waals surface area contributed by atoms with Crippen molar-refractivity contribution in [2.45, 2.75) is 89.5 Å². The molecule has 2 nitrogen and oxygen atoms in total. The molecular formula is C29H45N2+. The molecule has 0 saturated heterocycles. The minimum absolute atomic E-state index is 0.121. The van der Waals surface area contributed by atoms with Gasteiger partial charge in [0.15, 0.2) is 0 Å². The fourth-order valence-electron chi connectivity index (χ4n) is 4.58. The molecule has 0 atom stereocenters. The minimum atomic E-state index is 0.121. The highest BCUT2D eigenvalue weighted by Crippen LogP contribution is 2.33. The number of anilines is 2. The molecule has 0 fully saturated rings. The molecule has 0 amide bonds. The van der Waals surface area contributed by atoms with E-state index in [2.05, 4.69) is 100 Å². The predicted molar refractivity (Wildman–Crippen MR) is 140 cm³/mol. The van der Waals surface area contributed by atoms with E-state index >= 15 is 0 Å². The summed E-state index contributed by atoms with van der Waals surface area (Å²) in [6.45, 7) is 29.0. The third kappa shape index (κ3) is 5.22. The molecule has 2 aromatic carbocycles. The summed E-state index contributed by atoms with van der Waals surface area (Å²) in [5.74, 6) is 0. The van der Waals surface area contributed by atoms with Gasteiger partial charge in [-0.2, -0.15) is 0 Å². The van der Waals surface area contributed by atoms with Crippen molar-refractivity contribution in [2.24, 2.45) is 5.41 Å². The molecule has 170 valence electrons. The number of benzene rings is 2. The average molecular weight is 422 g/mol. The van der Waals surface area contributed by atoms with Crippen molar-refractivity contribution in [3.05, 3.63) is 62.1 Å². The Morgan fingerprint density at radius 2 is 0.839 bits per heavy atom. The smallest absolute Gasteiger partial charge is 0.119 e. The van der Waals surface area contributed by atoms with Crippen LogP contribution in [0, 0.1) is 81.1 Å². The maximum atomic E-state index is 3.78. The molecule has 0 unspecified atom stereocenters. The van der Waals surface area contributed by atoms with Gasteiger partial charge in [0.2, 0.25) is 0 Å². The lowest BCUT2D eigenvalue weighted by Gasteiger charge is -2.24. The number of nitrogens with one attached hydrogen (secondary N) is 2. The van der Waals surface area contributed by atoms with Crippen molar-refractivity contribution >= 4 is 11.4 Å². The van der Waals surface area contributed by atoms with Crippen molar-refractivity contribution in [3.63, 3.8) is 0 Å². The van der Waals surface area contributed by atoms with Gasteiger partial charge in [0.05, 0.1) is 19.5 Å². The molecule has 0 saturated carbocycles. The SMILES string of the molecule is Cc1c(C)c(C)c(NCC[CH+]C(C)(C)CNc2c(C)c(C)c(C)c(C)c2C)c(C)c1C. The van der Waals surface area contributed by atoms with Crippen LogP contribution in [0.15, 0.2) is 0 Å². The molecule has 2 rings (SSSR count). The van der Waals surface area contributed by atoms with Gasteiger partial charge in [0.1, 0.15) is 11.8 Å². The standard InChI is InChI=1S/C29H45N2/c1-17-19(3)23(7)27(24(8)20(17)4)30-15-13-14-29(11,12)16-31-28-25(9)21(5)18(2)22(6)26(28)10/h14,30-31H,13,15-16H2,1-12H3/q+1. The Hall–Kier alpha value is -2.09. The molecule has 0 radical (unpaired) electrons. The fraction of sp³-hybridized carbons (Fsp3) is 0.552. The Labute approximate surface area is 192 Å². The molecule has 0 aliphatic rings. The van der Waals surface area contributed by atoms with Gasteiger partial charge in [-0.1, -0.05) is 0 Å². The van der Waals surface area contributed by atoms with E-state index in [4.69, 9.17) is 0 Å². The minimum Gasteiger partial charge on any atom is -0.380 e. The fourth-order valence-corrected chi connectivity index (χ4v) is 4.58. The molecule has 0 aliphatic carbocycles. The molecule has 0 aromatic heterocycles. The largest absolute Gasteiger partial charge is 0.380 e. The van der Waals surface area contributed by atoms with Crippen LogP contribution in [0.3, 0.4) is 0 Å². The lowest BCUT2D eigenvalue weighted by atomic mass is 9.86. The highest BCUT2D eigenvalue weighted by atomic mass is 14.9. The van der Waals surface area contributed by atoms with Crippen molar-refractivity contribution in [2.75, 3.05) is 23.7 Å². The molecule has 0 heterocycles. The molecule has 0 aliphatic heterocycles. The van der Waals surface area contributed by atoms with Crippen LogP contribution >= 0.6 is 0 Å². The number of hydrogen-bond acceptors (Lipinski definition) is 2. The summed E-state index contributed by atoms with van der Waals surface area (Å²) in [4.78, 5) is 0. The quantitative estimate of drug-likeness (QED) is 0.334. The Bertz CT molecular complexity index is 906.